The van der Waals surface area contributed by atoms with E-state index >= 15 is 0 Å². The van der Waals surface area contributed by atoms with E-state index in [9.17, 15) is 0 Å². The van der Waals surface area contributed by atoms with Crippen LogP contribution < -0.4 is 10.1 Å². The summed E-state index contributed by atoms with van der Waals surface area (Å²) in [5.74, 6) is 2.76. The molecule has 0 aliphatic heterocycles. The van der Waals surface area contributed by atoms with Gasteiger partial charge in [-0.05, 0) is 25.1 Å². The Morgan fingerprint density at radius 3 is 2.63 bits per heavy atom. The fourth-order valence-corrected chi connectivity index (χ4v) is 1.80. The first kappa shape index (κ1) is 13.7. The molecule has 2 aromatic rings. The van der Waals surface area contributed by atoms with E-state index in [1.807, 2.05) is 37.3 Å². The highest BCUT2D eigenvalue weighted by molar-refractivity contribution is 5.24. The van der Waals surface area contributed by atoms with Crippen LogP contribution in [0.2, 0.25) is 0 Å². The number of ether oxygens (including phenoxy) is 1. The van der Waals surface area contributed by atoms with E-state index in [2.05, 4.69) is 25.2 Å². The zero-order valence-electron chi connectivity index (χ0n) is 11.8. The topological polar surface area (TPSA) is 34.4 Å². The van der Waals surface area contributed by atoms with Crippen molar-refractivity contribution in [2.75, 3.05) is 0 Å². The van der Waals surface area contributed by atoms with Crippen molar-refractivity contribution in [1.82, 2.24) is 5.32 Å². The van der Waals surface area contributed by atoms with Crippen molar-refractivity contribution in [3.63, 3.8) is 0 Å². The van der Waals surface area contributed by atoms with Crippen LogP contribution in [0.3, 0.4) is 0 Å². The van der Waals surface area contributed by atoms with Crippen molar-refractivity contribution in [3.05, 3.63) is 53.5 Å². The Bertz CT molecular complexity index is 503. The lowest BCUT2D eigenvalue weighted by molar-refractivity contribution is 0.303. The Hall–Kier alpha value is -1.74. The average molecular weight is 259 g/mol. The summed E-state index contributed by atoms with van der Waals surface area (Å²) in [6, 6.07) is 12.3. The molecule has 0 unspecified atom stereocenters. The van der Waals surface area contributed by atoms with E-state index < -0.39 is 0 Å². The first-order valence-electron chi connectivity index (χ1n) is 6.64. The Morgan fingerprint density at radius 1 is 1.21 bits per heavy atom. The predicted octanol–water partition coefficient (Wildman–Crippen LogP) is 3.67. The number of hydrogen-bond donors (Lipinski definition) is 1. The number of hydrogen-bond acceptors (Lipinski definition) is 3. The van der Waals surface area contributed by atoms with Crippen molar-refractivity contribution in [3.8, 4) is 5.75 Å². The molecule has 0 fully saturated rings. The van der Waals surface area contributed by atoms with Crippen molar-refractivity contribution in [2.45, 2.75) is 40.0 Å². The normalized spacial score (nSPS) is 10.9. The fourth-order valence-electron chi connectivity index (χ4n) is 1.80. The molecule has 19 heavy (non-hydrogen) atoms. The van der Waals surface area contributed by atoms with E-state index in [0.717, 1.165) is 29.4 Å². The first-order valence-corrected chi connectivity index (χ1v) is 6.64. The molecule has 102 valence electrons. The highest BCUT2D eigenvalue weighted by Gasteiger charge is 2.08. The van der Waals surface area contributed by atoms with Gasteiger partial charge in [0.15, 0.2) is 0 Å². The second kappa shape index (κ2) is 6.43. The first-order chi connectivity index (χ1) is 9.15. The van der Waals surface area contributed by atoms with Gasteiger partial charge in [0.1, 0.15) is 23.9 Å². The molecule has 0 saturated heterocycles. The van der Waals surface area contributed by atoms with Gasteiger partial charge in [-0.25, -0.2) is 0 Å². The summed E-state index contributed by atoms with van der Waals surface area (Å²) in [5.41, 5.74) is 1.10. The summed E-state index contributed by atoms with van der Waals surface area (Å²) in [7, 11) is 0. The number of aryl methyl sites for hydroxylation is 1. The predicted molar refractivity (Wildman–Crippen MR) is 76.2 cm³/mol. The standard InChI is InChI=1S/C16H21NO2/c1-12(2)17-10-16-9-14(13(3)19-16)11-18-15-7-5-4-6-8-15/h4-9,12,17H,10-11H2,1-3H3. The largest absolute Gasteiger partial charge is 0.489 e. The fraction of sp³-hybridized carbons (Fsp3) is 0.375. The third-order valence-corrected chi connectivity index (χ3v) is 2.89. The molecule has 3 nitrogen and oxygen atoms in total. The number of benzene rings is 1. The van der Waals surface area contributed by atoms with Crippen molar-refractivity contribution < 1.29 is 9.15 Å². The maximum Gasteiger partial charge on any atom is 0.119 e. The summed E-state index contributed by atoms with van der Waals surface area (Å²) in [6.45, 7) is 7.51. The van der Waals surface area contributed by atoms with Gasteiger partial charge in [-0.3, -0.25) is 0 Å². The minimum Gasteiger partial charge on any atom is -0.489 e. The Balaban J connectivity index is 1.93. The monoisotopic (exact) mass is 259 g/mol. The number of furan rings is 1. The third-order valence-electron chi connectivity index (χ3n) is 2.89. The van der Waals surface area contributed by atoms with E-state index in [1.54, 1.807) is 0 Å². The zero-order valence-corrected chi connectivity index (χ0v) is 11.8. The van der Waals surface area contributed by atoms with Crippen LogP contribution in [0.15, 0.2) is 40.8 Å². The summed E-state index contributed by atoms with van der Waals surface area (Å²) < 4.78 is 11.4. The van der Waals surface area contributed by atoms with Gasteiger partial charge in [-0.2, -0.15) is 0 Å². The van der Waals surface area contributed by atoms with Crippen molar-refractivity contribution in [2.24, 2.45) is 0 Å². The maximum atomic E-state index is 5.73. The van der Waals surface area contributed by atoms with Gasteiger partial charge < -0.3 is 14.5 Å². The van der Waals surface area contributed by atoms with Gasteiger partial charge in [-0.15, -0.1) is 0 Å². The average Bonchev–Trinajstić information content (AvgIpc) is 2.76. The van der Waals surface area contributed by atoms with Gasteiger partial charge in [0.2, 0.25) is 0 Å². The lowest BCUT2D eigenvalue weighted by Crippen LogP contribution is -2.21. The lowest BCUT2D eigenvalue weighted by Gasteiger charge is -2.04. The molecule has 0 saturated carbocycles. The van der Waals surface area contributed by atoms with E-state index in [1.165, 1.54) is 0 Å². The molecular weight excluding hydrogens is 238 g/mol. The summed E-state index contributed by atoms with van der Waals surface area (Å²) in [4.78, 5) is 0. The van der Waals surface area contributed by atoms with Gasteiger partial charge in [-0.1, -0.05) is 32.0 Å². The molecule has 1 aromatic heterocycles. The van der Waals surface area contributed by atoms with Crippen LogP contribution in [-0.2, 0) is 13.2 Å². The van der Waals surface area contributed by atoms with Crippen LogP contribution in [0.1, 0.15) is 30.9 Å². The lowest BCUT2D eigenvalue weighted by atomic mass is 10.2. The number of rotatable bonds is 6. The molecule has 1 heterocycles. The molecule has 0 amide bonds. The highest BCUT2D eigenvalue weighted by Crippen LogP contribution is 2.18. The molecule has 2 rings (SSSR count). The summed E-state index contributed by atoms with van der Waals surface area (Å²) in [5, 5.41) is 3.34. The second-order valence-electron chi connectivity index (χ2n) is 4.93. The van der Waals surface area contributed by atoms with Gasteiger partial charge >= 0.3 is 0 Å². The molecule has 0 atom stereocenters. The van der Waals surface area contributed by atoms with Crippen LogP contribution in [-0.4, -0.2) is 6.04 Å². The smallest absolute Gasteiger partial charge is 0.119 e. The molecule has 0 aliphatic rings. The van der Waals surface area contributed by atoms with Crippen LogP contribution >= 0.6 is 0 Å². The van der Waals surface area contributed by atoms with Crippen LogP contribution in [0, 0.1) is 6.92 Å². The van der Waals surface area contributed by atoms with Crippen LogP contribution in [0.5, 0.6) is 5.75 Å². The molecule has 3 heteroatoms. The quantitative estimate of drug-likeness (QED) is 0.859. The number of para-hydroxylation sites is 1. The minimum absolute atomic E-state index is 0.453. The van der Waals surface area contributed by atoms with E-state index in [4.69, 9.17) is 9.15 Å². The highest BCUT2D eigenvalue weighted by atomic mass is 16.5. The summed E-state index contributed by atoms with van der Waals surface area (Å²) >= 11 is 0. The molecule has 1 N–H and O–H groups in total. The van der Waals surface area contributed by atoms with Crippen LogP contribution in [0.4, 0.5) is 0 Å². The number of nitrogens with one attached hydrogen (secondary N) is 1. The second-order valence-corrected chi connectivity index (χ2v) is 4.93. The van der Waals surface area contributed by atoms with Crippen LogP contribution in [0.25, 0.3) is 0 Å². The van der Waals surface area contributed by atoms with Gasteiger partial charge in [0.05, 0.1) is 6.54 Å². The van der Waals surface area contributed by atoms with E-state index in [0.29, 0.717) is 12.6 Å². The Labute approximate surface area is 114 Å². The Kier molecular flexibility index (Phi) is 4.63. The summed E-state index contributed by atoms with van der Waals surface area (Å²) in [6.07, 6.45) is 0. The van der Waals surface area contributed by atoms with Crippen molar-refractivity contribution in [1.29, 1.82) is 0 Å². The molecule has 0 aliphatic carbocycles. The van der Waals surface area contributed by atoms with Crippen molar-refractivity contribution >= 4 is 0 Å². The maximum absolute atomic E-state index is 5.73. The van der Waals surface area contributed by atoms with E-state index in [-0.39, 0.29) is 0 Å². The molecule has 1 aromatic carbocycles. The Morgan fingerprint density at radius 2 is 1.95 bits per heavy atom. The third kappa shape index (κ3) is 4.14. The van der Waals surface area contributed by atoms with Gasteiger partial charge in [0.25, 0.3) is 0 Å². The SMILES string of the molecule is Cc1oc(CNC(C)C)cc1COc1ccccc1. The molecule has 0 spiro atoms. The van der Waals surface area contributed by atoms with Gasteiger partial charge in [0, 0.05) is 11.6 Å². The minimum atomic E-state index is 0.453. The molecule has 0 bridgehead atoms. The molecule has 0 radical (unpaired) electrons. The zero-order chi connectivity index (χ0) is 13.7. The molecular formula is C16H21NO2.